The fourth-order valence-electron chi connectivity index (χ4n) is 4.16. The maximum atomic E-state index is 13.7. The van der Waals surface area contributed by atoms with Gasteiger partial charge in [-0.25, -0.2) is 4.39 Å². The molecular formula is C29H34FNO. The molecule has 2 nitrogen and oxygen atoms in total. The lowest BCUT2D eigenvalue weighted by Gasteiger charge is -2.19. The summed E-state index contributed by atoms with van der Waals surface area (Å²) < 4.78 is 13.7. The topological polar surface area (TPSA) is 30.0 Å². The first-order chi connectivity index (χ1) is 15.5. The van der Waals surface area contributed by atoms with Crippen LogP contribution in [-0.4, -0.2) is 10.8 Å². The summed E-state index contributed by atoms with van der Waals surface area (Å²) in [5.74, 6) is -0.600. The van der Waals surface area contributed by atoms with Crippen molar-refractivity contribution in [2.75, 3.05) is 0 Å². The maximum Gasteiger partial charge on any atom is 0.170 e. The summed E-state index contributed by atoms with van der Waals surface area (Å²) in [6.45, 7) is 6.10. The highest BCUT2D eigenvalue weighted by atomic mass is 19.1. The van der Waals surface area contributed by atoms with E-state index in [-0.39, 0.29) is 17.5 Å². The van der Waals surface area contributed by atoms with Gasteiger partial charge in [0, 0.05) is 17.5 Å². The number of unbranched alkanes of at least 4 members (excludes halogenated alkanes) is 4. The predicted octanol–water partition coefficient (Wildman–Crippen LogP) is 7.56. The Morgan fingerprint density at radius 1 is 0.938 bits per heavy atom. The van der Waals surface area contributed by atoms with Gasteiger partial charge >= 0.3 is 0 Å². The number of carbonyl (C=O) groups is 1. The van der Waals surface area contributed by atoms with Crippen LogP contribution >= 0.6 is 0 Å². The molecule has 0 radical (unpaired) electrons. The van der Waals surface area contributed by atoms with E-state index >= 15 is 0 Å². The van der Waals surface area contributed by atoms with E-state index in [9.17, 15) is 9.18 Å². The summed E-state index contributed by atoms with van der Waals surface area (Å²) in [5, 5.41) is 0. The largest absolute Gasteiger partial charge is 0.293 e. The molecular weight excluding hydrogens is 397 g/mol. The van der Waals surface area contributed by atoms with E-state index in [4.69, 9.17) is 0 Å². The number of aromatic nitrogens is 1. The number of carbonyl (C=O) groups excluding carboxylic acids is 1. The highest BCUT2D eigenvalue weighted by molar-refractivity contribution is 6.01. The number of aryl methyl sites for hydroxylation is 3. The van der Waals surface area contributed by atoms with Crippen LogP contribution in [0.1, 0.15) is 83.3 Å². The van der Waals surface area contributed by atoms with Gasteiger partial charge in [-0.3, -0.25) is 9.78 Å². The van der Waals surface area contributed by atoms with Crippen LogP contribution in [0.4, 0.5) is 4.39 Å². The molecule has 0 saturated carbocycles. The summed E-state index contributed by atoms with van der Waals surface area (Å²) >= 11 is 0. The number of hydrogen-bond donors (Lipinski definition) is 0. The minimum atomic E-state index is -0.375. The van der Waals surface area contributed by atoms with E-state index in [1.807, 2.05) is 44.3 Å². The molecule has 1 heterocycles. The van der Waals surface area contributed by atoms with Crippen LogP contribution in [0.2, 0.25) is 0 Å². The van der Waals surface area contributed by atoms with Crippen molar-refractivity contribution in [3.63, 3.8) is 0 Å². The molecule has 1 unspecified atom stereocenters. The van der Waals surface area contributed by atoms with Crippen molar-refractivity contribution < 1.29 is 9.18 Å². The number of Topliss-reactive ketones (excluding diaryl/α,β-unsaturated/α-hetero) is 1. The molecule has 0 aliphatic rings. The summed E-state index contributed by atoms with van der Waals surface area (Å²) in [6, 6.07) is 16.5. The third-order valence-corrected chi connectivity index (χ3v) is 6.12. The zero-order valence-electron chi connectivity index (χ0n) is 19.5. The summed E-state index contributed by atoms with van der Waals surface area (Å²) in [5.41, 5.74) is 5.59. The second-order valence-corrected chi connectivity index (χ2v) is 8.81. The summed E-state index contributed by atoms with van der Waals surface area (Å²) in [4.78, 5) is 18.1. The first-order valence-electron chi connectivity index (χ1n) is 11.8. The number of rotatable bonds is 11. The molecule has 0 aliphatic carbocycles. The molecule has 168 valence electrons. The minimum Gasteiger partial charge on any atom is -0.293 e. The first-order valence-corrected chi connectivity index (χ1v) is 11.8. The lowest BCUT2D eigenvalue weighted by atomic mass is 9.83. The lowest BCUT2D eigenvalue weighted by Crippen LogP contribution is -2.17. The minimum absolute atomic E-state index is 0.0553. The van der Waals surface area contributed by atoms with Crippen molar-refractivity contribution in [1.29, 1.82) is 0 Å². The van der Waals surface area contributed by atoms with Crippen LogP contribution in [0.25, 0.3) is 0 Å². The molecule has 1 aromatic heterocycles. The van der Waals surface area contributed by atoms with E-state index in [2.05, 4.69) is 24.0 Å². The van der Waals surface area contributed by atoms with Gasteiger partial charge < -0.3 is 0 Å². The third kappa shape index (κ3) is 6.59. The Hall–Kier alpha value is -2.81. The molecule has 0 aliphatic heterocycles. The molecule has 0 saturated heterocycles. The number of nitrogens with zero attached hydrogens (tertiary/aromatic N) is 1. The first kappa shape index (κ1) is 23.8. The van der Waals surface area contributed by atoms with Crippen molar-refractivity contribution in [3.05, 3.63) is 100 Å². The Morgan fingerprint density at radius 3 is 2.34 bits per heavy atom. The molecule has 32 heavy (non-hydrogen) atoms. The number of pyridine rings is 1. The van der Waals surface area contributed by atoms with Gasteiger partial charge in [0.15, 0.2) is 5.78 Å². The van der Waals surface area contributed by atoms with Crippen molar-refractivity contribution in [2.24, 2.45) is 0 Å². The van der Waals surface area contributed by atoms with Crippen LogP contribution in [0, 0.1) is 19.7 Å². The normalized spacial score (nSPS) is 12.0. The fraction of sp³-hybridized carbons (Fsp3) is 0.379. The number of halogens is 1. The zero-order valence-corrected chi connectivity index (χ0v) is 19.5. The van der Waals surface area contributed by atoms with Crippen LogP contribution in [0.15, 0.2) is 60.8 Å². The molecule has 2 aromatic carbocycles. The third-order valence-electron chi connectivity index (χ3n) is 6.12. The van der Waals surface area contributed by atoms with E-state index in [0.29, 0.717) is 12.0 Å². The van der Waals surface area contributed by atoms with Gasteiger partial charge in [-0.1, -0.05) is 74.6 Å². The molecule has 0 spiro atoms. The van der Waals surface area contributed by atoms with E-state index in [1.54, 1.807) is 6.07 Å². The highest BCUT2D eigenvalue weighted by Gasteiger charge is 2.24. The van der Waals surface area contributed by atoms with Gasteiger partial charge in [-0.05, 0) is 68.0 Å². The number of ketones is 1. The van der Waals surface area contributed by atoms with Crippen molar-refractivity contribution in [1.82, 2.24) is 4.98 Å². The second kappa shape index (κ2) is 11.7. The SMILES string of the molecule is CCCCCCCc1ccc(CC(C(=O)c2ccc(C)cc2)c2ccc(F)cc2C)cn1. The van der Waals surface area contributed by atoms with Crippen LogP contribution in [0.5, 0.6) is 0 Å². The van der Waals surface area contributed by atoms with Gasteiger partial charge in [0.2, 0.25) is 0 Å². The molecule has 3 aromatic rings. The van der Waals surface area contributed by atoms with Crippen molar-refractivity contribution in [3.8, 4) is 0 Å². The molecule has 3 heteroatoms. The van der Waals surface area contributed by atoms with Gasteiger partial charge in [0.25, 0.3) is 0 Å². The molecule has 3 rings (SSSR count). The second-order valence-electron chi connectivity index (χ2n) is 8.81. The Morgan fingerprint density at radius 2 is 1.69 bits per heavy atom. The van der Waals surface area contributed by atoms with Gasteiger partial charge in [-0.15, -0.1) is 0 Å². The predicted molar refractivity (Wildman–Crippen MR) is 130 cm³/mol. The van der Waals surface area contributed by atoms with E-state index in [1.165, 1.54) is 37.8 Å². The van der Waals surface area contributed by atoms with Gasteiger partial charge in [-0.2, -0.15) is 0 Å². The molecule has 0 bridgehead atoms. The maximum absolute atomic E-state index is 13.7. The molecule has 0 N–H and O–H groups in total. The Kier molecular flexibility index (Phi) is 8.72. The highest BCUT2D eigenvalue weighted by Crippen LogP contribution is 2.28. The summed E-state index contributed by atoms with van der Waals surface area (Å²) in [7, 11) is 0. The van der Waals surface area contributed by atoms with Crippen molar-refractivity contribution >= 4 is 5.78 Å². The number of hydrogen-bond acceptors (Lipinski definition) is 2. The Balaban J connectivity index is 1.78. The average Bonchev–Trinajstić information content (AvgIpc) is 2.79. The smallest absolute Gasteiger partial charge is 0.170 e. The molecule has 0 fully saturated rings. The Labute approximate surface area is 191 Å². The molecule has 0 amide bonds. The fourth-order valence-corrected chi connectivity index (χ4v) is 4.16. The van der Waals surface area contributed by atoms with Crippen LogP contribution < -0.4 is 0 Å². The monoisotopic (exact) mass is 431 g/mol. The average molecular weight is 432 g/mol. The van der Waals surface area contributed by atoms with Crippen molar-refractivity contribution in [2.45, 2.75) is 71.6 Å². The summed E-state index contributed by atoms with van der Waals surface area (Å²) in [6.07, 6.45) is 9.68. The van der Waals surface area contributed by atoms with Gasteiger partial charge in [0.1, 0.15) is 5.82 Å². The van der Waals surface area contributed by atoms with Gasteiger partial charge in [0.05, 0.1) is 5.92 Å². The lowest BCUT2D eigenvalue weighted by molar-refractivity contribution is 0.0958. The van der Waals surface area contributed by atoms with Crippen LogP contribution in [0.3, 0.4) is 0 Å². The quantitative estimate of drug-likeness (QED) is 0.232. The number of benzene rings is 2. The Bertz CT molecular complexity index is 1010. The van der Waals surface area contributed by atoms with Crippen LogP contribution in [-0.2, 0) is 12.8 Å². The zero-order chi connectivity index (χ0) is 22.9. The van der Waals surface area contributed by atoms with E-state index in [0.717, 1.165) is 40.8 Å². The molecule has 1 atom stereocenters. The van der Waals surface area contributed by atoms with E-state index < -0.39 is 0 Å². The standard InChI is InChI=1S/C29H34FNO/c1-4-5-6-7-8-9-26-16-12-23(20-31-26)19-28(27-17-15-25(30)18-22(27)3)29(32)24-13-10-21(2)11-14-24/h10-18,20,28H,4-9,19H2,1-3H3.